The third-order valence-corrected chi connectivity index (χ3v) is 4.74. The van der Waals surface area contributed by atoms with Crippen molar-refractivity contribution in [3.63, 3.8) is 0 Å². The maximum Gasteiger partial charge on any atom is 0.257 e. The number of nitrogens with zero attached hydrogens (tertiary/aromatic N) is 3. The van der Waals surface area contributed by atoms with E-state index in [0.717, 1.165) is 24.2 Å². The van der Waals surface area contributed by atoms with Crippen molar-refractivity contribution in [3.8, 4) is 5.69 Å². The lowest BCUT2D eigenvalue weighted by atomic mass is 9.97. The number of piperidine rings is 1. The topological polar surface area (TPSA) is 58.4 Å². The largest absolute Gasteiger partial charge is 0.396 e. The Morgan fingerprint density at radius 3 is 2.46 bits per heavy atom. The number of benzene rings is 1. The molecule has 0 unspecified atom stereocenters. The lowest BCUT2D eigenvalue weighted by Crippen LogP contribution is -2.39. The zero-order valence-corrected chi connectivity index (χ0v) is 14.0. The van der Waals surface area contributed by atoms with Crippen molar-refractivity contribution in [3.05, 3.63) is 47.0 Å². The first kappa shape index (κ1) is 16.6. The maximum atomic E-state index is 13.1. The number of amides is 1. The molecule has 0 atom stereocenters. The number of aromatic nitrogens is 2. The molecule has 0 spiro atoms. The third-order valence-electron chi connectivity index (χ3n) is 4.74. The van der Waals surface area contributed by atoms with Gasteiger partial charge in [-0.1, -0.05) is 0 Å². The van der Waals surface area contributed by atoms with Gasteiger partial charge in [0.05, 0.1) is 22.6 Å². The standard InChI is InChI=1S/C18H22FN3O2/c1-12-17(18(24)21-9-7-14(11-23)8-10-21)13(2)22(20-12)16-5-3-15(19)4-6-16/h3-6,14,23H,7-11H2,1-2H3. The van der Waals surface area contributed by atoms with Crippen LogP contribution in [0, 0.1) is 25.6 Å². The van der Waals surface area contributed by atoms with Gasteiger partial charge in [-0.05, 0) is 56.9 Å². The minimum atomic E-state index is -0.302. The summed E-state index contributed by atoms with van der Waals surface area (Å²) in [6, 6.07) is 6.06. The SMILES string of the molecule is Cc1nn(-c2ccc(F)cc2)c(C)c1C(=O)N1CCC(CO)CC1. The normalized spacial score (nSPS) is 15.8. The first-order chi connectivity index (χ1) is 11.5. The summed E-state index contributed by atoms with van der Waals surface area (Å²) >= 11 is 0. The van der Waals surface area contributed by atoms with Gasteiger partial charge in [-0.25, -0.2) is 9.07 Å². The molecule has 0 aliphatic carbocycles. The van der Waals surface area contributed by atoms with Gasteiger partial charge in [0.1, 0.15) is 5.82 Å². The van der Waals surface area contributed by atoms with Crippen molar-refractivity contribution < 1.29 is 14.3 Å². The Labute approximate surface area is 140 Å². The number of carbonyl (C=O) groups excluding carboxylic acids is 1. The molecule has 2 aromatic rings. The van der Waals surface area contributed by atoms with Gasteiger partial charge < -0.3 is 10.0 Å². The molecule has 1 saturated heterocycles. The Morgan fingerprint density at radius 1 is 1.25 bits per heavy atom. The number of hydrogen-bond donors (Lipinski definition) is 1. The molecule has 1 aromatic carbocycles. The van der Waals surface area contributed by atoms with E-state index in [0.29, 0.717) is 24.3 Å². The van der Waals surface area contributed by atoms with Crippen LogP contribution in [0.4, 0.5) is 4.39 Å². The molecule has 1 amide bonds. The number of aliphatic hydroxyl groups is 1. The minimum Gasteiger partial charge on any atom is -0.396 e. The molecule has 0 radical (unpaired) electrons. The highest BCUT2D eigenvalue weighted by Crippen LogP contribution is 2.23. The fourth-order valence-electron chi connectivity index (χ4n) is 3.26. The molecule has 0 bridgehead atoms. The number of aliphatic hydroxyl groups excluding tert-OH is 1. The van der Waals surface area contributed by atoms with Gasteiger partial charge in [0.25, 0.3) is 5.91 Å². The fraction of sp³-hybridized carbons (Fsp3) is 0.444. The molecule has 0 saturated carbocycles. The smallest absolute Gasteiger partial charge is 0.257 e. The number of carbonyl (C=O) groups is 1. The fourth-order valence-corrected chi connectivity index (χ4v) is 3.26. The van der Waals surface area contributed by atoms with E-state index in [1.807, 2.05) is 18.7 Å². The molecule has 1 aliphatic rings. The van der Waals surface area contributed by atoms with E-state index in [1.165, 1.54) is 12.1 Å². The van der Waals surface area contributed by atoms with Gasteiger partial charge in [-0.15, -0.1) is 0 Å². The third kappa shape index (κ3) is 3.06. The lowest BCUT2D eigenvalue weighted by Gasteiger charge is -2.31. The molecule has 1 aromatic heterocycles. The van der Waals surface area contributed by atoms with Crippen LogP contribution in [0.15, 0.2) is 24.3 Å². The Hall–Kier alpha value is -2.21. The van der Waals surface area contributed by atoms with Crippen LogP contribution in [-0.2, 0) is 0 Å². The van der Waals surface area contributed by atoms with Gasteiger partial charge in [0.2, 0.25) is 0 Å². The monoisotopic (exact) mass is 331 g/mol. The molecule has 6 heteroatoms. The zero-order valence-electron chi connectivity index (χ0n) is 14.0. The van der Waals surface area contributed by atoms with E-state index in [2.05, 4.69) is 5.10 Å². The molecule has 24 heavy (non-hydrogen) atoms. The predicted octanol–water partition coefficient (Wildman–Crippen LogP) is 2.47. The minimum absolute atomic E-state index is 0.0187. The number of rotatable bonds is 3. The second-order valence-electron chi connectivity index (χ2n) is 6.35. The molecular weight excluding hydrogens is 309 g/mol. The van der Waals surface area contributed by atoms with Crippen LogP contribution in [-0.4, -0.2) is 45.4 Å². The maximum absolute atomic E-state index is 13.1. The highest BCUT2D eigenvalue weighted by atomic mass is 19.1. The van der Waals surface area contributed by atoms with Crippen molar-refractivity contribution >= 4 is 5.91 Å². The molecule has 1 N–H and O–H groups in total. The number of halogens is 1. The van der Waals surface area contributed by atoms with Crippen molar-refractivity contribution in [2.75, 3.05) is 19.7 Å². The van der Waals surface area contributed by atoms with E-state index in [4.69, 9.17) is 0 Å². The summed E-state index contributed by atoms with van der Waals surface area (Å²) in [7, 11) is 0. The molecular formula is C18H22FN3O2. The molecule has 1 aliphatic heterocycles. The number of likely N-dealkylation sites (tertiary alicyclic amines) is 1. The van der Waals surface area contributed by atoms with Crippen LogP contribution >= 0.6 is 0 Å². The summed E-state index contributed by atoms with van der Waals surface area (Å²) in [5.74, 6) is -0.0312. The summed E-state index contributed by atoms with van der Waals surface area (Å²) in [4.78, 5) is 14.7. The highest BCUT2D eigenvalue weighted by Gasteiger charge is 2.27. The Balaban J connectivity index is 1.86. The van der Waals surface area contributed by atoms with Gasteiger partial charge in [0, 0.05) is 19.7 Å². The van der Waals surface area contributed by atoms with Crippen molar-refractivity contribution in [2.45, 2.75) is 26.7 Å². The first-order valence-corrected chi connectivity index (χ1v) is 8.23. The van der Waals surface area contributed by atoms with E-state index in [-0.39, 0.29) is 24.2 Å². The van der Waals surface area contributed by atoms with Crippen molar-refractivity contribution in [1.29, 1.82) is 0 Å². The van der Waals surface area contributed by atoms with Crippen LogP contribution < -0.4 is 0 Å². The average molecular weight is 331 g/mol. The van der Waals surface area contributed by atoms with Gasteiger partial charge in [0.15, 0.2) is 0 Å². The molecule has 2 heterocycles. The lowest BCUT2D eigenvalue weighted by molar-refractivity contribution is 0.0649. The molecule has 1 fully saturated rings. The van der Waals surface area contributed by atoms with Crippen molar-refractivity contribution in [1.82, 2.24) is 14.7 Å². The molecule has 3 rings (SSSR count). The number of hydrogen-bond acceptors (Lipinski definition) is 3. The highest BCUT2D eigenvalue weighted by molar-refractivity contribution is 5.96. The summed E-state index contributed by atoms with van der Waals surface area (Å²) in [6.45, 7) is 5.18. The van der Waals surface area contributed by atoms with Crippen LogP contribution in [0.5, 0.6) is 0 Å². The van der Waals surface area contributed by atoms with E-state index in [1.54, 1.807) is 16.8 Å². The van der Waals surface area contributed by atoms with Gasteiger partial charge in [-0.2, -0.15) is 5.10 Å². The van der Waals surface area contributed by atoms with E-state index in [9.17, 15) is 14.3 Å². The second-order valence-corrected chi connectivity index (χ2v) is 6.35. The second kappa shape index (κ2) is 6.73. The van der Waals surface area contributed by atoms with Gasteiger partial charge in [-0.3, -0.25) is 4.79 Å². The number of aryl methyl sites for hydroxylation is 1. The summed E-state index contributed by atoms with van der Waals surface area (Å²) in [5.41, 5.74) is 2.77. The molecule has 128 valence electrons. The van der Waals surface area contributed by atoms with E-state index < -0.39 is 0 Å². The van der Waals surface area contributed by atoms with E-state index >= 15 is 0 Å². The summed E-state index contributed by atoms with van der Waals surface area (Å²) in [6.07, 6.45) is 1.65. The van der Waals surface area contributed by atoms with Crippen LogP contribution in [0.2, 0.25) is 0 Å². The summed E-state index contributed by atoms with van der Waals surface area (Å²) in [5, 5.41) is 13.7. The van der Waals surface area contributed by atoms with Gasteiger partial charge >= 0.3 is 0 Å². The van der Waals surface area contributed by atoms with Crippen LogP contribution in [0.1, 0.15) is 34.6 Å². The quantitative estimate of drug-likeness (QED) is 0.940. The predicted molar refractivity (Wildman–Crippen MR) is 88.7 cm³/mol. The Morgan fingerprint density at radius 2 is 1.88 bits per heavy atom. The average Bonchev–Trinajstić information content (AvgIpc) is 2.89. The van der Waals surface area contributed by atoms with Crippen LogP contribution in [0.25, 0.3) is 5.69 Å². The Bertz CT molecular complexity index is 731. The molecule has 5 nitrogen and oxygen atoms in total. The first-order valence-electron chi connectivity index (χ1n) is 8.23. The summed E-state index contributed by atoms with van der Waals surface area (Å²) < 4.78 is 14.8. The Kier molecular flexibility index (Phi) is 4.66. The zero-order chi connectivity index (χ0) is 17.3. The van der Waals surface area contributed by atoms with Crippen molar-refractivity contribution in [2.24, 2.45) is 5.92 Å². The van der Waals surface area contributed by atoms with Crippen LogP contribution in [0.3, 0.4) is 0 Å².